The smallest absolute Gasteiger partial charge is 0.265 e. The number of anilines is 1. The lowest BCUT2D eigenvalue weighted by molar-refractivity contribution is -0.121. The van der Waals surface area contributed by atoms with E-state index in [2.05, 4.69) is 46.0 Å². The first-order chi connectivity index (χ1) is 14.2. The zero-order valence-electron chi connectivity index (χ0n) is 17.3. The SMILES string of the molecule is CN=C(NCCCN1C(=O)COc2ccccc21)NCC1(c2ccccc2)CC1.I. The second-order valence-electron chi connectivity index (χ2n) is 7.65. The van der Waals surface area contributed by atoms with Crippen molar-refractivity contribution in [2.75, 3.05) is 38.2 Å². The first-order valence-corrected chi connectivity index (χ1v) is 10.2. The van der Waals surface area contributed by atoms with Gasteiger partial charge in [-0.2, -0.15) is 0 Å². The van der Waals surface area contributed by atoms with Crippen LogP contribution in [0.3, 0.4) is 0 Å². The van der Waals surface area contributed by atoms with E-state index < -0.39 is 0 Å². The number of para-hydroxylation sites is 2. The number of guanidine groups is 1. The van der Waals surface area contributed by atoms with Gasteiger partial charge in [-0.1, -0.05) is 42.5 Å². The zero-order chi connectivity index (χ0) is 20.1. The summed E-state index contributed by atoms with van der Waals surface area (Å²) >= 11 is 0. The van der Waals surface area contributed by atoms with Crippen molar-refractivity contribution in [3.63, 3.8) is 0 Å². The van der Waals surface area contributed by atoms with Crippen LogP contribution in [0.5, 0.6) is 5.75 Å². The first-order valence-electron chi connectivity index (χ1n) is 10.2. The number of rotatable bonds is 7. The minimum atomic E-state index is 0. The van der Waals surface area contributed by atoms with Gasteiger partial charge in [-0.05, 0) is 37.0 Å². The highest BCUT2D eigenvalue weighted by Gasteiger charge is 2.44. The summed E-state index contributed by atoms with van der Waals surface area (Å²) in [5.74, 6) is 1.58. The van der Waals surface area contributed by atoms with Crippen LogP contribution in [-0.2, 0) is 10.2 Å². The molecule has 7 heteroatoms. The van der Waals surface area contributed by atoms with Crippen molar-refractivity contribution in [3.05, 3.63) is 60.2 Å². The lowest BCUT2D eigenvalue weighted by Gasteiger charge is -2.29. The number of ether oxygens (including phenoxy) is 1. The molecule has 0 saturated heterocycles. The monoisotopic (exact) mass is 520 g/mol. The molecule has 1 aliphatic heterocycles. The minimum Gasteiger partial charge on any atom is -0.482 e. The van der Waals surface area contributed by atoms with Gasteiger partial charge in [0.1, 0.15) is 5.75 Å². The van der Waals surface area contributed by atoms with E-state index in [1.807, 2.05) is 29.2 Å². The molecule has 0 unspecified atom stereocenters. The molecule has 0 radical (unpaired) electrons. The normalized spacial score (nSPS) is 16.8. The van der Waals surface area contributed by atoms with Crippen LogP contribution in [0.2, 0.25) is 0 Å². The van der Waals surface area contributed by atoms with Crippen LogP contribution in [0.1, 0.15) is 24.8 Å². The Hall–Kier alpha value is -2.29. The van der Waals surface area contributed by atoms with Gasteiger partial charge in [0.2, 0.25) is 0 Å². The number of nitrogens with one attached hydrogen (secondary N) is 2. The number of hydrogen-bond acceptors (Lipinski definition) is 3. The van der Waals surface area contributed by atoms with E-state index in [1.165, 1.54) is 18.4 Å². The molecule has 2 N–H and O–H groups in total. The molecule has 30 heavy (non-hydrogen) atoms. The molecular formula is C23H29IN4O2. The zero-order valence-corrected chi connectivity index (χ0v) is 19.6. The average molecular weight is 520 g/mol. The molecule has 0 aromatic heterocycles. The Kier molecular flexibility index (Phi) is 7.58. The van der Waals surface area contributed by atoms with Crippen molar-refractivity contribution in [2.24, 2.45) is 4.99 Å². The van der Waals surface area contributed by atoms with Crippen LogP contribution in [0.4, 0.5) is 5.69 Å². The average Bonchev–Trinajstić information content (AvgIpc) is 3.56. The molecule has 1 aliphatic carbocycles. The fourth-order valence-electron chi connectivity index (χ4n) is 3.83. The maximum absolute atomic E-state index is 12.2. The number of hydrogen-bond donors (Lipinski definition) is 2. The summed E-state index contributed by atoms with van der Waals surface area (Å²) in [5.41, 5.74) is 2.49. The Labute approximate surface area is 195 Å². The van der Waals surface area contributed by atoms with Crippen LogP contribution >= 0.6 is 24.0 Å². The quantitative estimate of drug-likeness (QED) is 0.255. The van der Waals surface area contributed by atoms with E-state index >= 15 is 0 Å². The number of benzene rings is 2. The molecule has 4 rings (SSSR count). The van der Waals surface area contributed by atoms with Gasteiger partial charge in [0.15, 0.2) is 12.6 Å². The van der Waals surface area contributed by atoms with Crippen molar-refractivity contribution in [1.82, 2.24) is 10.6 Å². The van der Waals surface area contributed by atoms with Gasteiger partial charge in [-0.25, -0.2) is 0 Å². The highest BCUT2D eigenvalue weighted by Crippen LogP contribution is 2.47. The number of aliphatic imine (C=N–C) groups is 1. The molecule has 1 saturated carbocycles. The van der Waals surface area contributed by atoms with Crippen molar-refractivity contribution < 1.29 is 9.53 Å². The predicted octanol–water partition coefficient (Wildman–Crippen LogP) is 3.32. The van der Waals surface area contributed by atoms with Gasteiger partial charge in [0.05, 0.1) is 5.69 Å². The van der Waals surface area contributed by atoms with Crippen molar-refractivity contribution >= 4 is 41.5 Å². The maximum atomic E-state index is 12.2. The van der Waals surface area contributed by atoms with Crippen LogP contribution < -0.4 is 20.3 Å². The second-order valence-corrected chi connectivity index (χ2v) is 7.65. The lowest BCUT2D eigenvalue weighted by atomic mass is 9.96. The summed E-state index contributed by atoms with van der Waals surface area (Å²) < 4.78 is 5.50. The van der Waals surface area contributed by atoms with Gasteiger partial charge in [0.25, 0.3) is 5.91 Å². The number of nitrogens with zero attached hydrogens (tertiary/aromatic N) is 2. The van der Waals surface area contributed by atoms with Crippen LogP contribution in [0.15, 0.2) is 59.6 Å². The number of amides is 1. The Morgan fingerprint density at radius 2 is 1.83 bits per heavy atom. The van der Waals surface area contributed by atoms with Crippen LogP contribution in [-0.4, -0.2) is 45.2 Å². The molecule has 0 spiro atoms. The predicted molar refractivity (Wildman–Crippen MR) is 131 cm³/mol. The summed E-state index contributed by atoms with van der Waals surface area (Å²) in [5, 5.41) is 6.84. The third-order valence-corrected chi connectivity index (χ3v) is 5.72. The van der Waals surface area contributed by atoms with E-state index in [-0.39, 0.29) is 41.9 Å². The maximum Gasteiger partial charge on any atom is 0.265 e. The largest absolute Gasteiger partial charge is 0.482 e. The lowest BCUT2D eigenvalue weighted by Crippen LogP contribution is -2.43. The fraction of sp³-hybridized carbons (Fsp3) is 0.391. The van der Waals surface area contributed by atoms with E-state index in [0.717, 1.165) is 36.9 Å². The molecule has 1 heterocycles. The molecule has 0 bridgehead atoms. The number of fused-ring (bicyclic) bond motifs is 1. The highest BCUT2D eigenvalue weighted by molar-refractivity contribution is 14.0. The van der Waals surface area contributed by atoms with E-state index in [4.69, 9.17) is 4.74 Å². The standard InChI is InChI=1S/C23H28N4O2.HI/c1-24-22(26-17-23(12-13-23)18-8-3-2-4-9-18)25-14-7-15-27-19-10-5-6-11-20(19)29-16-21(27)28;/h2-6,8-11H,7,12-17H2,1H3,(H2,24,25,26);1H. The molecule has 2 aromatic rings. The highest BCUT2D eigenvalue weighted by atomic mass is 127. The molecule has 1 amide bonds. The second kappa shape index (κ2) is 10.1. The molecule has 2 aliphatic rings. The molecule has 1 fully saturated rings. The van der Waals surface area contributed by atoms with Gasteiger partial charge in [-0.3, -0.25) is 9.79 Å². The number of carbonyl (C=O) groups excluding carboxylic acids is 1. The van der Waals surface area contributed by atoms with E-state index in [9.17, 15) is 4.79 Å². The summed E-state index contributed by atoms with van der Waals surface area (Å²) in [6, 6.07) is 18.4. The van der Waals surface area contributed by atoms with Gasteiger partial charge in [0, 0.05) is 32.1 Å². The van der Waals surface area contributed by atoms with Gasteiger partial charge in [-0.15, -0.1) is 24.0 Å². The Balaban J connectivity index is 0.00000256. The molecule has 2 aromatic carbocycles. The molecule has 6 nitrogen and oxygen atoms in total. The van der Waals surface area contributed by atoms with E-state index in [1.54, 1.807) is 7.05 Å². The van der Waals surface area contributed by atoms with Crippen LogP contribution in [0, 0.1) is 0 Å². The molecule has 0 atom stereocenters. The first kappa shape index (κ1) is 22.4. The van der Waals surface area contributed by atoms with Crippen LogP contribution in [0.25, 0.3) is 0 Å². The van der Waals surface area contributed by atoms with Gasteiger partial charge >= 0.3 is 0 Å². The summed E-state index contributed by atoms with van der Waals surface area (Å²) in [7, 11) is 1.79. The number of halogens is 1. The summed E-state index contributed by atoms with van der Waals surface area (Å²) in [6.45, 7) is 2.38. The van der Waals surface area contributed by atoms with Crippen molar-refractivity contribution in [2.45, 2.75) is 24.7 Å². The summed E-state index contributed by atoms with van der Waals surface area (Å²) in [6.07, 6.45) is 3.24. The molecular weight excluding hydrogens is 491 g/mol. The third-order valence-electron chi connectivity index (χ3n) is 5.72. The number of carbonyl (C=O) groups is 1. The van der Waals surface area contributed by atoms with E-state index in [0.29, 0.717) is 6.54 Å². The Morgan fingerprint density at radius 1 is 1.10 bits per heavy atom. The van der Waals surface area contributed by atoms with Gasteiger partial charge < -0.3 is 20.3 Å². The topological polar surface area (TPSA) is 66.0 Å². The molecule has 160 valence electrons. The fourth-order valence-corrected chi connectivity index (χ4v) is 3.83. The van der Waals surface area contributed by atoms with Crippen molar-refractivity contribution in [3.8, 4) is 5.75 Å². The Morgan fingerprint density at radius 3 is 2.57 bits per heavy atom. The Bertz CT molecular complexity index is 884. The van der Waals surface area contributed by atoms with Crippen molar-refractivity contribution in [1.29, 1.82) is 0 Å². The summed E-state index contributed by atoms with van der Waals surface area (Å²) in [4.78, 5) is 18.4. The minimum absolute atomic E-state index is 0. The third kappa shape index (κ3) is 5.06.